The molecule has 0 unspecified atom stereocenters. The Morgan fingerprint density at radius 3 is 3.00 bits per heavy atom. The van der Waals surface area contributed by atoms with Gasteiger partial charge < -0.3 is 10.6 Å². The van der Waals surface area contributed by atoms with Crippen LogP contribution in [0.15, 0.2) is 22.9 Å². The van der Waals surface area contributed by atoms with Crippen molar-refractivity contribution in [3.63, 3.8) is 0 Å². The van der Waals surface area contributed by atoms with E-state index in [-0.39, 0.29) is 5.91 Å². The van der Waals surface area contributed by atoms with Gasteiger partial charge in [0, 0.05) is 16.8 Å². The Kier molecular flexibility index (Phi) is 4.24. The van der Waals surface area contributed by atoms with Crippen LogP contribution in [0, 0.1) is 6.92 Å². The first kappa shape index (κ1) is 12.2. The molecule has 0 spiro atoms. The summed E-state index contributed by atoms with van der Waals surface area (Å²) in [5.74, 6) is -0.0593. The van der Waals surface area contributed by atoms with Crippen LogP contribution in [0.4, 0.5) is 5.13 Å². The second-order valence-corrected chi connectivity index (χ2v) is 5.42. The van der Waals surface area contributed by atoms with E-state index in [2.05, 4.69) is 15.6 Å². The van der Waals surface area contributed by atoms with Gasteiger partial charge >= 0.3 is 0 Å². The summed E-state index contributed by atoms with van der Waals surface area (Å²) < 4.78 is 0. The molecule has 2 aromatic heterocycles. The van der Waals surface area contributed by atoms with E-state index < -0.39 is 0 Å². The van der Waals surface area contributed by atoms with Crippen LogP contribution < -0.4 is 10.6 Å². The summed E-state index contributed by atoms with van der Waals surface area (Å²) in [5, 5.41) is 10.4. The highest BCUT2D eigenvalue weighted by Gasteiger charge is 2.04. The fourth-order valence-electron chi connectivity index (χ4n) is 1.29. The van der Waals surface area contributed by atoms with Crippen LogP contribution in [0.3, 0.4) is 0 Å². The molecular weight excluding hydrogens is 254 g/mol. The molecule has 0 saturated carbocycles. The smallest absolute Gasteiger partial charge is 0.240 e. The zero-order valence-corrected chi connectivity index (χ0v) is 11.0. The minimum atomic E-state index is -0.0593. The number of rotatable bonds is 5. The molecule has 6 heteroatoms. The van der Waals surface area contributed by atoms with E-state index in [1.54, 1.807) is 11.3 Å². The number of hydrogen-bond donors (Lipinski definition) is 2. The lowest BCUT2D eigenvalue weighted by atomic mass is 10.4. The number of anilines is 1. The third-order valence-electron chi connectivity index (χ3n) is 2.03. The third kappa shape index (κ3) is 3.92. The van der Waals surface area contributed by atoms with Crippen molar-refractivity contribution < 1.29 is 4.79 Å². The van der Waals surface area contributed by atoms with Crippen molar-refractivity contribution in [2.24, 2.45) is 0 Å². The van der Waals surface area contributed by atoms with Crippen molar-refractivity contribution in [1.82, 2.24) is 10.3 Å². The molecule has 0 radical (unpaired) electrons. The molecular formula is C11H13N3OS2. The van der Waals surface area contributed by atoms with Gasteiger partial charge in [0.05, 0.1) is 12.2 Å². The summed E-state index contributed by atoms with van der Waals surface area (Å²) >= 11 is 3.12. The quantitative estimate of drug-likeness (QED) is 0.873. The van der Waals surface area contributed by atoms with Gasteiger partial charge in [-0.3, -0.25) is 4.79 Å². The first-order valence-electron chi connectivity index (χ1n) is 5.19. The minimum absolute atomic E-state index is 0.0593. The first-order chi connectivity index (χ1) is 8.24. The van der Waals surface area contributed by atoms with Crippen LogP contribution in [0.5, 0.6) is 0 Å². The van der Waals surface area contributed by atoms with Crippen molar-refractivity contribution in [1.29, 1.82) is 0 Å². The van der Waals surface area contributed by atoms with Gasteiger partial charge in [-0.1, -0.05) is 6.07 Å². The summed E-state index contributed by atoms with van der Waals surface area (Å²) in [6, 6.07) is 4.04. The molecule has 17 heavy (non-hydrogen) atoms. The average molecular weight is 267 g/mol. The molecule has 2 N–H and O–H groups in total. The Morgan fingerprint density at radius 2 is 2.35 bits per heavy atom. The largest absolute Gasteiger partial charge is 0.303 e. The number of hydrogen-bond acceptors (Lipinski definition) is 5. The number of aromatic nitrogens is 1. The Morgan fingerprint density at radius 1 is 1.47 bits per heavy atom. The van der Waals surface area contributed by atoms with Crippen LogP contribution in [-0.4, -0.2) is 17.4 Å². The van der Waals surface area contributed by atoms with Crippen molar-refractivity contribution in [2.45, 2.75) is 13.5 Å². The maximum absolute atomic E-state index is 11.5. The summed E-state index contributed by atoms with van der Waals surface area (Å²) in [6.45, 7) is 2.93. The standard InChI is InChI=1S/C11H13N3OS2/c1-8-7-17-11(13-8)14-10(15)6-12-5-9-3-2-4-16-9/h2-4,7,12H,5-6H2,1H3,(H,13,14,15). The summed E-state index contributed by atoms with van der Waals surface area (Å²) in [6.07, 6.45) is 0. The molecule has 2 heterocycles. The average Bonchev–Trinajstić information content (AvgIpc) is 2.90. The van der Waals surface area contributed by atoms with Crippen LogP contribution in [-0.2, 0) is 11.3 Å². The monoisotopic (exact) mass is 267 g/mol. The lowest BCUT2D eigenvalue weighted by Gasteiger charge is -2.02. The number of amides is 1. The number of nitrogens with zero attached hydrogens (tertiary/aromatic N) is 1. The highest BCUT2D eigenvalue weighted by atomic mass is 32.1. The summed E-state index contributed by atoms with van der Waals surface area (Å²) in [5.41, 5.74) is 0.928. The molecule has 2 aromatic rings. The maximum atomic E-state index is 11.5. The van der Waals surface area contributed by atoms with Gasteiger partial charge in [-0.2, -0.15) is 0 Å². The summed E-state index contributed by atoms with van der Waals surface area (Å²) in [4.78, 5) is 16.9. The van der Waals surface area contributed by atoms with Gasteiger partial charge in [-0.05, 0) is 18.4 Å². The van der Waals surface area contributed by atoms with E-state index in [0.29, 0.717) is 11.7 Å². The van der Waals surface area contributed by atoms with Gasteiger partial charge in [-0.25, -0.2) is 4.98 Å². The van der Waals surface area contributed by atoms with Crippen LogP contribution in [0.25, 0.3) is 0 Å². The van der Waals surface area contributed by atoms with Gasteiger partial charge in [0.1, 0.15) is 0 Å². The number of carbonyl (C=O) groups is 1. The van der Waals surface area contributed by atoms with Crippen molar-refractivity contribution in [3.05, 3.63) is 33.5 Å². The number of thiophene rings is 1. The van der Waals surface area contributed by atoms with Crippen LogP contribution in [0.2, 0.25) is 0 Å². The molecule has 0 saturated heterocycles. The van der Waals surface area contributed by atoms with Crippen LogP contribution in [0.1, 0.15) is 10.6 Å². The van der Waals surface area contributed by atoms with E-state index in [0.717, 1.165) is 12.2 Å². The number of nitrogens with one attached hydrogen (secondary N) is 2. The predicted octanol–water partition coefficient (Wildman–Crippen LogP) is 2.24. The highest BCUT2D eigenvalue weighted by molar-refractivity contribution is 7.13. The van der Waals surface area contributed by atoms with E-state index in [1.807, 2.05) is 29.8 Å². The predicted molar refractivity (Wildman–Crippen MR) is 71.5 cm³/mol. The lowest BCUT2D eigenvalue weighted by Crippen LogP contribution is -2.27. The number of thiazole rings is 1. The molecule has 0 bridgehead atoms. The maximum Gasteiger partial charge on any atom is 0.240 e. The van der Waals surface area contributed by atoms with Crippen LogP contribution >= 0.6 is 22.7 Å². The minimum Gasteiger partial charge on any atom is -0.303 e. The van der Waals surface area contributed by atoms with Crippen molar-refractivity contribution in [2.75, 3.05) is 11.9 Å². The van der Waals surface area contributed by atoms with E-state index >= 15 is 0 Å². The Bertz CT molecular complexity index is 479. The van der Waals surface area contributed by atoms with E-state index in [9.17, 15) is 4.79 Å². The lowest BCUT2D eigenvalue weighted by molar-refractivity contribution is -0.115. The molecule has 2 rings (SSSR count). The zero-order valence-electron chi connectivity index (χ0n) is 9.40. The molecule has 90 valence electrons. The fourth-order valence-corrected chi connectivity index (χ4v) is 2.67. The van der Waals surface area contributed by atoms with Crippen molar-refractivity contribution in [3.8, 4) is 0 Å². The molecule has 4 nitrogen and oxygen atoms in total. The van der Waals surface area contributed by atoms with Gasteiger partial charge in [0.25, 0.3) is 0 Å². The van der Waals surface area contributed by atoms with Crippen molar-refractivity contribution >= 4 is 33.7 Å². The molecule has 0 aliphatic carbocycles. The number of aryl methyl sites for hydroxylation is 1. The van der Waals surface area contributed by atoms with E-state index in [4.69, 9.17) is 0 Å². The normalized spacial score (nSPS) is 10.4. The molecule has 0 atom stereocenters. The third-order valence-corrected chi connectivity index (χ3v) is 3.78. The zero-order chi connectivity index (χ0) is 12.1. The Hall–Kier alpha value is -1.24. The Labute approximate surface area is 108 Å². The van der Waals surface area contributed by atoms with E-state index in [1.165, 1.54) is 16.2 Å². The molecule has 1 amide bonds. The molecule has 0 aliphatic heterocycles. The Balaban J connectivity index is 1.71. The van der Waals surface area contributed by atoms with Gasteiger partial charge in [-0.15, -0.1) is 22.7 Å². The molecule has 0 aromatic carbocycles. The SMILES string of the molecule is Cc1csc(NC(=O)CNCc2cccs2)n1. The molecule has 0 aliphatic rings. The van der Waals surface area contributed by atoms with Gasteiger partial charge in [0.2, 0.25) is 5.91 Å². The summed E-state index contributed by atoms with van der Waals surface area (Å²) in [7, 11) is 0. The fraction of sp³-hybridized carbons (Fsp3) is 0.273. The molecule has 0 fully saturated rings. The second-order valence-electron chi connectivity index (χ2n) is 3.53. The first-order valence-corrected chi connectivity index (χ1v) is 6.95. The van der Waals surface area contributed by atoms with Gasteiger partial charge in [0.15, 0.2) is 5.13 Å². The number of carbonyl (C=O) groups excluding carboxylic acids is 1. The second kappa shape index (κ2) is 5.90. The topological polar surface area (TPSA) is 54.0 Å². The highest BCUT2D eigenvalue weighted by Crippen LogP contribution is 2.13.